The predicted molar refractivity (Wildman–Crippen MR) is 79.0 cm³/mol. The summed E-state index contributed by atoms with van der Waals surface area (Å²) in [5, 5.41) is 0. The molecule has 22 heavy (non-hydrogen) atoms. The number of methoxy groups -OCH3 is 1. The Labute approximate surface area is 127 Å². The topological polar surface area (TPSA) is 111 Å². The Hall–Kier alpha value is -2.61. The predicted octanol–water partition coefficient (Wildman–Crippen LogP) is -0.106. The molecular formula is C12H9B2N5O3. The zero-order chi connectivity index (χ0) is 15.2. The molecule has 2 aliphatic heterocycles. The SMILES string of the molecule is COc1cc(-c2ccncc2N)nc(C2(N=C3[B]O3)[B]O2)n1. The van der Waals surface area contributed by atoms with E-state index in [1.54, 1.807) is 24.5 Å². The largest absolute Gasteiger partial charge is 0.549 e. The molecule has 2 aromatic heterocycles. The van der Waals surface area contributed by atoms with Gasteiger partial charge >= 0.3 is 15.0 Å². The van der Waals surface area contributed by atoms with Gasteiger partial charge in [-0.05, 0) is 6.07 Å². The van der Waals surface area contributed by atoms with Gasteiger partial charge in [0.05, 0.1) is 24.7 Å². The number of aromatic nitrogens is 3. The molecule has 8 nitrogen and oxygen atoms in total. The van der Waals surface area contributed by atoms with Gasteiger partial charge in [-0.2, -0.15) is 4.98 Å². The quantitative estimate of drug-likeness (QED) is 0.618. The van der Waals surface area contributed by atoms with E-state index in [0.717, 1.165) is 5.56 Å². The van der Waals surface area contributed by atoms with E-state index in [4.69, 9.17) is 19.8 Å². The van der Waals surface area contributed by atoms with Gasteiger partial charge in [0, 0.05) is 17.8 Å². The second-order valence-corrected chi connectivity index (χ2v) is 4.70. The number of rotatable bonds is 4. The highest BCUT2D eigenvalue weighted by atomic mass is 16.6. The van der Waals surface area contributed by atoms with Crippen LogP contribution in [0.5, 0.6) is 5.88 Å². The summed E-state index contributed by atoms with van der Waals surface area (Å²) >= 11 is 0. The number of hydrogen-bond acceptors (Lipinski definition) is 8. The van der Waals surface area contributed by atoms with Crippen molar-refractivity contribution in [2.75, 3.05) is 12.8 Å². The number of nitrogens with two attached hydrogens (primary N) is 1. The van der Waals surface area contributed by atoms with Gasteiger partial charge in [0.15, 0.2) is 11.6 Å². The smallest absolute Gasteiger partial charge is 0.474 e. The van der Waals surface area contributed by atoms with Gasteiger partial charge in [-0.1, -0.05) is 0 Å². The highest BCUT2D eigenvalue weighted by Gasteiger charge is 2.54. The summed E-state index contributed by atoms with van der Waals surface area (Å²) in [5.74, 6) is 1.24. The molecule has 2 fully saturated rings. The van der Waals surface area contributed by atoms with Gasteiger partial charge < -0.3 is 19.8 Å². The minimum Gasteiger partial charge on any atom is -0.549 e. The second kappa shape index (κ2) is 4.70. The van der Waals surface area contributed by atoms with Gasteiger partial charge in [-0.25, -0.2) is 9.98 Å². The molecule has 0 saturated carbocycles. The van der Waals surface area contributed by atoms with Crippen LogP contribution in [-0.4, -0.2) is 42.8 Å². The zero-order valence-corrected chi connectivity index (χ0v) is 11.6. The molecule has 2 radical (unpaired) electrons. The summed E-state index contributed by atoms with van der Waals surface area (Å²) in [6, 6.07) is 3.47. The normalized spacial score (nSPS) is 23.2. The lowest BCUT2D eigenvalue weighted by atomic mass is 9.95. The first kappa shape index (κ1) is 13.1. The van der Waals surface area contributed by atoms with Crippen LogP contribution in [0, 0.1) is 0 Å². The van der Waals surface area contributed by atoms with Crippen LogP contribution in [0.25, 0.3) is 11.3 Å². The molecule has 2 saturated heterocycles. The van der Waals surface area contributed by atoms with Crippen molar-refractivity contribution in [2.24, 2.45) is 4.99 Å². The molecule has 2 N–H and O–H groups in total. The molecule has 0 aliphatic carbocycles. The number of pyridine rings is 1. The van der Waals surface area contributed by atoms with Crippen molar-refractivity contribution >= 4 is 26.4 Å². The van der Waals surface area contributed by atoms with Gasteiger partial charge in [0.25, 0.3) is 0 Å². The first-order chi connectivity index (χ1) is 10.7. The minimum atomic E-state index is -1.02. The van der Waals surface area contributed by atoms with E-state index >= 15 is 0 Å². The van der Waals surface area contributed by atoms with Crippen molar-refractivity contribution in [2.45, 2.75) is 5.62 Å². The van der Waals surface area contributed by atoms with E-state index in [9.17, 15) is 0 Å². The Balaban J connectivity index is 1.82. The molecule has 4 rings (SSSR count). The van der Waals surface area contributed by atoms with Gasteiger partial charge in [-0.3, -0.25) is 4.98 Å². The molecule has 1 unspecified atom stereocenters. The maximum absolute atomic E-state index is 5.95. The molecule has 0 aromatic carbocycles. The number of nitrogens with zero attached hydrogens (tertiary/aromatic N) is 4. The number of anilines is 1. The van der Waals surface area contributed by atoms with E-state index < -0.39 is 5.62 Å². The third-order valence-electron chi connectivity index (χ3n) is 3.20. The van der Waals surface area contributed by atoms with E-state index in [-0.39, 0.29) is 0 Å². The standard InChI is InChI=1S/C12H9B2N5O3/c1-20-9-4-8(6-2-3-16-5-7(6)15)17-10(18-9)12(14-22-12)19-11-13-21-11/h2-5H,15H2,1H3. The maximum Gasteiger partial charge on any atom is 0.474 e. The average molecular weight is 293 g/mol. The molecule has 10 heteroatoms. The number of nitrogen functional groups attached to an aromatic ring is 1. The summed E-state index contributed by atoms with van der Waals surface area (Å²) in [7, 11) is 4.57. The van der Waals surface area contributed by atoms with Crippen molar-refractivity contribution in [3.8, 4) is 17.1 Å². The zero-order valence-electron chi connectivity index (χ0n) is 11.6. The van der Waals surface area contributed by atoms with Crippen molar-refractivity contribution < 1.29 is 14.0 Å². The van der Waals surface area contributed by atoms with Crippen molar-refractivity contribution in [1.82, 2.24) is 15.0 Å². The second-order valence-electron chi connectivity index (χ2n) is 4.70. The monoisotopic (exact) mass is 293 g/mol. The van der Waals surface area contributed by atoms with Crippen LogP contribution in [0.2, 0.25) is 0 Å². The van der Waals surface area contributed by atoms with Gasteiger partial charge in [0.2, 0.25) is 11.5 Å². The third-order valence-corrected chi connectivity index (χ3v) is 3.20. The highest BCUT2D eigenvalue weighted by molar-refractivity contribution is 6.83. The number of aliphatic imine (C=N–C) groups is 1. The molecule has 2 aromatic rings. The fourth-order valence-corrected chi connectivity index (χ4v) is 1.97. The molecule has 0 amide bonds. The Morgan fingerprint density at radius 2 is 2.23 bits per heavy atom. The average Bonchev–Trinajstić information content (AvgIpc) is 3.46. The lowest BCUT2D eigenvalue weighted by Crippen LogP contribution is -2.14. The van der Waals surface area contributed by atoms with E-state index in [1.165, 1.54) is 22.1 Å². The Morgan fingerprint density at radius 3 is 2.86 bits per heavy atom. The van der Waals surface area contributed by atoms with Gasteiger partial charge in [-0.15, -0.1) is 0 Å². The van der Waals surface area contributed by atoms with Crippen LogP contribution >= 0.6 is 0 Å². The molecule has 2 aliphatic rings. The van der Waals surface area contributed by atoms with Crippen LogP contribution in [0.4, 0.5) is 5.69 Å². The summed E-state index contributed by atoms with van der Waals surface area (Å²) in [5.41, 5.74) is 6.78. The van der Waals surface area contributed by atoms with Crippen LogP contribution in [0.1, 0.15) is 5.82 Å². The van der Waals surface area contributed by atoms with Gasteiger partial charge in [0.1, 0.15) is 0 Å². The third kappa shape index (κ3) is 2.27. The van der Waals surface area contributed by atoms with Crippen LogP contribution in [-0.2, 0) is 14.9 Å². The molecule has 1 atom stereocenters. The first-order valence-electron chi connectivity index (χ1n) is 6.45. The minimum absolute atomic E-state index is 0.356. The summed E-state index contributed by atoms with van der Waals surface area (Å²) in [4.78, 5) is 17.0. The van der Waals surface area contributed by atoms with Crippen molar-refractivity contribution in [3.05, 3.63) is 30.4 Å². The van der Waals surface area contributed by atoms with Crippen LogP contribution < -0.4 is 10.5 Å². The summed E-state index contributed by atoms with van der Waals surface area (Å²) in [6.07, 6.45) is 3.20. The van der Waals surface area contributed by atoms with Crippen molar-refractivity contribution in [1.29, 1.82) is 0 Å². The fraction of sp³-hybridized carbons (Fsp3) is 0.167. The summed E-state index contributed by atoms with van der Waals surface area (Å²) < 4.78 is 15.5. The lowest BCUT2D eigenvalue weighted by Gasteiger charge is -2.11. The fourth-order valence-electron chi connectivity index (χ4n) is 1.97. The summed E-state index contributed by atoms with van der Waals surface area (Å²) in [6.45, 7) is 0. The molecule has 106 valence electrons. The Bertz CT molecular complexity index is 775. The van der Waals surface area contributed by atoms with E-state index in [2.05, 4.69) is 19.9 Å². The number of hydrogen-bond donors (Lipinski definition) is 1. The molecule has 0 spiro atoms. The van der Waals surface area contributed by atoms with Crippen LogP contribution in [0.15, 0.2) is 29.5 Å². The van der Waals surface area contributed by atoms with E-state index in [1.807, 2.05) is 0 Å². The number of ether oxygens (including phenoxy) is 1. The maximum atomic E-state index is 5.95. The Morgan fingerprint density at radius 1 is 1.41 bits per heavy atom. The lowest BCUT2D eigenvalue weighted by molar-refractivity contribution is 0.312. The molecule has 0 bridgehead atoms. The van der Waals surface area contributed by atoms with Crippen LogP contribution in [0.3, 0.4) is 0 Å². The Kier molecular flexibility index (Phi) is 2.80. The van der Waals surface area contributed by atoms with E-state index in [0.29, 0.717) is 28.9 Å². The molecule has 4 heterocycles. The first-order valence-corrected chi connectivity index (χ1v) is 6.45. The molecular weight excluding hydrogens is 284 g/mol. The highest BCUT2D eigenvalue weighted by Crippen LogP contribution is 2.38. The van der Waals surface area contributed by atoms with Crippen molar-refractivity contribution in [3.63, 3.8) is 0 Å².